The normalized spacial score (nSPS) is 15.6. The van der Waals surface area contributed by atoms with E-state index in [-0.39, 0.29) is 22.8 Å². The van der Waals surface area contributed by atoms with Crippen molar-refractivity contribution < 1.29 is 23.1 Å². The third-order valence-corrected chi connectivity index (χ3v) is 8.56. The van der Waals surface area contributed by atoms with Gasteiger partial charge in [0.25, 0.3) is 10.0 Å². The lowest BCUT2D eigenvalue weighted by atomic mass is 9.96. The number of ether oxygens (including phenoxy) is 1. The maximum absolute atomic E-state index is 13.8. The number of carboxylic acids is 1. The summed E-state index contributed by atoms with van der Waals surface area (Å²) in [5.74, 6) is 4.89. The van der Waals surface area contributed by atoms with E-state index in [0.29, 0.717) is 30.9 Å². The summed E-state index contributed by atoms with van der Waals surface area (Å²) >= 11 is 6.26. The molecule has 1 aliphatic rings. The zero-order valence-corrected chi connectivity index (χ0v) is 22.7. The maximum atomic E-state index is 13.8. The van der Waals surface area contributed by atoms with Gasteiger partial charge in [-0.05, 0) is 68.7 Å². The zero-order chi connectivity index (χ0) is 27.2. The van der Waals surface area contributed by atoms with Gasteiger partial charge in [0.05, 0.1) is 23.0 Å². The lowest BCUT2D eigenvalue weighted by molar-refractivity contribution is -0.137. The highest BCUT2D eigenvalue weighted by atomic mass is 35.5. The summed E-state index contributed by atoms with van der Waals surface area (Å²) in [6.45, 7) is 5.96. The van der Waals surface area contributed by atoms with Gasteiger partial charge in [-0.15, -0.1) is 0 Å². The molecule has 198 valence electrons. The van der Waals surface area contributed by atoms with E-state index in [1.165, 1.54) is 22.0 Å². The second-order valence-electron chi connectivity index (χ2n) is 9.05. The molecule has 1 unspecified atom stereocenters. The van der Waals surface area contributed by atoms with E-state index in [9.17, 15) is 18.3 Å². The number of aliphatic carboxylic acids is 1. The highest BCUT2D eigenvalue weighted by molar-refractivity contribution is 7.93. The van der Waals surface area contributed by atoms with Crippen molar-refractivity contribution in [3.63, 3.8) is 0 Å². The largest absolute Gasteiger partial charge is 0.493 e. The van der Waals surface area contributed by atoms with E-state index in [2.05, 4.69) is 5.10 Å². The average molecular weight is 546 g/mol. The number of sulfonamides is 1. The van der Waals surface area contributed by atoms with Crippen molar-refractivity contribution in [3.05, 3.63) is 76.3 Å². The number of nitrogens with zero attached hydrogens (tertiary/aromatic N) is 2. The van der Waals surface area contributed by atoms with Gasteiger partial charge in [0.15, 0.2) is 0 Å². The predicted octanol–water partition coefficient (Wildman–Crippen LogP) is 5.46. The molecule has 0 radical (unpaired) electrons. The van der Waals surface area contributed by atoms with Crippen molar-refractivity contribution in [2.24, 2.45) is 10.9 Å². The summed E-state index contributed by atoms with van der Waals surface area (Å²) in [7, 11) is -4.10. The molecule has 3 rings (SSSR count). The maximum Gasteiger partial charge on any atom is 0.303 e. The van der Waals surface area contributed by atoms with Gasteiger partial charge < -0.3 is 15.7 Å². The molecule has 0 bridgehead atoms. The summed E-state index contributed by atoms with van der Waals surface area (Å²) in [6.07, 6.45) is 5.18. The Labute approximate surface area is 223 Å². The molecule has 1 atom stereocenters. The van der Waals surface area contributed by atoms with E-state index < -0.39 is 22.0 Å². The van der Waals surface area contributed by atoms with Crippen LogP contribution in [-0.4, -0.2) is 37.9 Å². The summed E-state index contributed by atoms with van der Waals surface area (Å²) in [5.41, 5.74) is 4.32. The van der Waals surface area contributed by atoms with Gasteiger partial charge in [0.1, 0.15) is 10.6 Å². The van der Waals surface area contributed by atoms with Crippen LogP contribution in [0.5, 0.6) is 5.75 Å². The molecule has 0 heterocycles. The lowest BCUT2D eigenvalue weighted by Crippen LogP contribution is -2.39. The highest BCUT2D eigenvalue weighted by Gasteiger charge is 2.32. The number of carbonyl (C=O) groups is 1. The Morgan fingerprint density at radius 3 is 2.59 bits per heavy atom. The Balaban J connectivity index is 1.90. The van der Waals surface area contributed by atoms with Crippen LogP contribution in [0.15, 0.2) is 75.8 Å². The standard InChI is InChI=1S/C27H32ClN3O5S/c1-18-14-23(17-24(15-18)36-13-12-21-9-10-22(30-29)16-19(21)2)31(20(3)8-11-27(32)33)37(34,35)26-7-5-4-6-25(26)28/h4-7,9-10,14-15,17,20H,8,11-13,16,29H2,1-3H3,(H,32,33). The molecule has 1 aliphatic carbocycles. The zero-order valence-electron chi connectivity index (χ0n) is 21.1. The molecule has 2 aromatic carbocycles. The number of halogens is 1. The van der Waals surface area contributed by atoms with Crippen molar-refractivity contribution in [1.29, 1.82) is 0 Å². The number of benzene rings is 2. The molecule has 2 aromatic rings. The molecule has 0 aliphatic heterocycles. The molecule has 0 fully saturated rings. The van der Waals surface area contributed by atoms with Crippen LogP contribution in [0.4, 0.5) is 5.69 Å². The molecular formula is C27H32ClN3O5S. The lowest BCUT2D eigenvalue weighted by Gasteiger charge is -2.31. The van der Waals surface area contributed by atoms with E-state index in [1.54, 1.807) is 31.2 Å². The number of aryl methyl sites for hydroxylation is 1. The van der Waals surface area contributed by atoms with E-state index in [4.69, 9.17) is 22.2 Å². The van der Waals surface area contributed by atoms with E-state index in [1.807, 2.05) is 32.1 Å². The summed E-state index contributed by atoms with van der Waals surface area (Å²) in [5, 5.41) is 13.0. The van der Waals surface area contributed by atoms with Gasteiger partial charge in [-0.2, -0.15) is 5.10 Å². The second kappa shape index (κ2) is 12.3. The Morgan fingerprint density at radius 1 is 1.22 bits per heavy atom. The Hall–Kier alpha value is -3.30. The average Bonchev–Trinajstić information content (AvgIpc) is 2.83. The first kappa shape index (κ1) is 28.3. The third kappa shape index (κ3) is 7.14. The summed E-state index contributed by atoms with van der Waals surface area (Å²) in [4.78, 5) is 11.2. The van der Waals surface area contributed by atoms with E-state index in [0.717, 1.165) is 16.8 Å². The van der Waals surface area contributed by atoms with Gasteiger partial charge in [-0.1, -0.05) is 35.4 Å². The van der Waals surface area contributed by atoms with Crippen LogP contribution < -0.4 is 14.9 Å². The molecule has 0 spiro atoms. The van der Waals surface area contributed by atoms with Crippen molar-refractivity contribution >= 4 is 39.0 Å². The fraction of sp³-hybridized carbons (Fsp3) is 0.333. The first-order valence-electron chi connectivity index (χ1n) is 11.9. The van der Waals surface area contributed by atoms with Gasteiger partial charge in [-0.3, -0.25) is 9.10 Å². The van der Waals surface area contributed by atoms with Crippen molar-refractivity contribution in [2.75, 3.05) is 10.9 Å². The first-order chi connectivity index (χ1) is 17.5. The molecule has 0 amide bonds. The third-order valence-electron chi connectivity index (χ3n) is 6.12. The smallest absolute Gasteiger partial charge is 0.303 e. The van der Waals surface area contributed by atoms with Crippen molar-refractivity contribution in [1.82, 2.24) is 0 Å². The molecule has 10 heteroatoms. The van der Waals surface area contributed by atoms with Crippen LogP contribution in [0, 0.1) is 6.92 Å². The van der Waals surface area contributed by atoms with Crippen molar-refractivity contribution in [3.8, 4) is 5.75 Å². The minimum Gasteiger partial charge on any atom is -0.493 e. The molecule has 37 heavy (non-hydrogen) atoms. The number of carboxylic acid groups (broad SMARTS) is 1. The van der Waals surface area contributed by atoms with Gasteiger partial charge in [0, 0.05) is 31.4 Å². The predicted molar refractivity (Wildman–Crippen MR) is 147 cm³/mol. The summed E-state index contributed by atoms with van der Waals surface area (Å²) < 4.78 is 34.9. The SMILES string of the molecule is CC1=C(CCOc2cc(C)cc(N(C(C)CCC(=O)O)S(=O)(=O)c3ccccc3Cl)c2)C=CC(=NN)C1. The van der Waals surface area contributed by atoms with Crippen molar-refractivity contribution in [2.45, 2.75) is 57.4 Å². The fourth-order valence-corrected chi connectivity index (χ4v) is 6.39. The van der Waals surface area contributed by atoms with Crippen LogP contribution in [0.25, 0.3) is 0 Å². The van der Waals surface area contributed by atoms with Crippen LogP contribution in [-0.2, 0) is 14.8 Å². The Morgan fingerprint density at radius 2 is 1.95 bits per heavy atom. The Bertz CT molecular complexity index is 1350. The number of rotatable bonds is 11. The topological polar surface area (TPSA) is 122 Å². The van der Waals surface area contributed by atoms with Gasteiger partial charge in [-0.25, -0.2) is 8.42 Å². The second-order valence-corrected chi connectivity index (χ2v) is 11.2. The van der Waals surface area contributed by atoms with Gasteiger partial charge in [0.2, 0.25) is 0 Å². The number of nitrogens with two attached hydrogens (primary N) is 1. The highest BCUT2D eigenvalue weighted by Crippen LogP contribution is 2.34. The van der Waals surface area contributed by atoms with Crippen LogP contribution >= 0.6 is 11.6 Å². The molecule has 0 aromatic heterocycles. The number of hydrazone groups is 1. The Kier molecular flexibility index (Phi) is 9.39. The number of allylic oxidation sites excluding steroid dienone is 3. The minimum absolute atomic E-state index is 0.0466. The number of hydrogen-bond acceptors (Lipinski definition) is 6. The van der Waals surface area contributed by atoms with Gasteiger partial charge >= 0.3 is 5.97 Å². The fourth-order valence-electron chi connectivity index (χ4n) is 4.23. The molecule has 8 nitrogen and oxygen atoms in total. The minimum atomic E-state index is -4.10. The summed E-state index contributed by atoms with van der Waals surface area (Å²) in [6, 6.07) is 10.8. The monoisotopic (exact) mass is 545 g/mol. The quantitative estimate of drug-likeness (QED) is 0.285. The van der Waals surface area contributed by atoms with Crippen LogP contribution in [0.1, 0.15) is 45.1 Å². The molecule has 3 N–H and O–H groups in total. The number of anilines is 1. The number of hydrogen-bond donors (Lipinski definition) is 2. The van der Waals surface area contributed by atoms with E-state index >= 15 is 0 Å². The first-order valence-corrected chi connectivity index (χ1v) is 13.7. The molecule has 0 saturated heterocycles. The molecule has 0 saturated carbocycles. The molecular weight excluding hydrogens is 514 g/mol. The van der Waals surface area contributed by atoms with Crippen LogP contribution in [0.2, 0.25) is 5.02 Å². The van der Waals surface area contributed by atoms with Crippen LogP contribution in [0.3, 0.4) is 0 Å².